The Kier molecular flexibility index (Phi) is 6.49. The number of esters is 1. The summed E-state index contributed by atoms with van der Waals surface area (Å²) in [5.41, 5.74) is 1.12. The molecule has 144 valence electrons. The molecule has 1 aliphatic rings. The maximum Gasteiger partial charge on any atom is 0.341 e. The van der Waals surface area contributed by atoms with Gasteiger partial charge >= 0.3 is 5.97 Å². The summed E-state index contributed by atoms with van der Waals surface area (Å²) in [5.74, 6) is 1.06. The minimum atomic E-state index is -0.541. The molecule has 0 spiro atoms. The highest BCUT2D eigenvalue weighted by atomic mass is 32.2. The average molecular weight is 389 g/mol. The van der Waals surface area contributed by atoms with Gasteiger partial charge in [-0.1, -0.05) is 23.8 Å². The first kappa shape index (κ1) is 19.4. The lowest BCUT2D eigenvalue weighted by atomic mass is 10.0. The van der Waals surface area contributed by atoms with Crippen molar-refractivity contribution in [2.75, 3.05) is 19.7 Å². The zero-order valence-electron chi connectivity index (χ0n) is 15.5. The molecule has 0 radical (unpaired) electrons. The van der Waals surface area contributed by atoms with Crippen LogP contribution in [0.5, 0.6) is 0 Å². The van der Waals surface area contributed by atoms with E-state index in [1.165, 1.54) is 11.8 Å². The summed E-state index contributed by atoms with van der Waals surface area (Å²) in [6.07, 6.45) is 3.74. The van der Waals surface area contributed by atoms with Gasteiger partial charge in [-0.2, -0.15) is 0 Å². The van der Waals surface area contributed by atoms with Crippen LogP contribution in [-0.4, -0.2) is 46.6 Å². The van der Waals surface area contributed by atoms with Gasteiger partial charge in [-0.3, -0.25) is 4.79 Å². The topological polar surface area (TPSA) is 85.5 Å². The van der Waals surface area contributed by atoms with Gasteiger partial charge in [0.15, 0.2) is 6.61 Å². The van der Waals surface area contributed by atoms with Gasteiger partial charge in [0.2, 0.25) is 0 Å². The summed E-state index contributed by atoms with van der Waals surface area (Å²) < 4.78 is 10.3. The Hall–Kier alpha value is -2.35. The summed E-state index contributed by atoms with van der Waals surface area (Å²) >= 11 is 1.37. The molecule has 1 atom stereocenters. The summed E-state index contributed by atoms with van der Waals surface area (Å²) in [5, 5.41) is 4.48. The van der Waals surface area contributed by atoms with Gasteiger partial charge in [-0.25, -0.2) is 9.78 Å². The smallest absolute Gasteiger partial charge is 0.341 e. The van der Waals surface area contributed by atoms with Gasteiger partial charge in [0, 0.05) is 31.1 Å². The number of likely N-dealkylation sites (tertiary alicyclic amines) is 1. The van der Waals surface area contributed by atoms with E-state index in [4.69, 9.17) is 9.26 Å². The molecule has 0 saturated carbocycles. The van der Waals surface area contributed by atoms with Crippen molar-refractivity contribution in [2.24, 2.45) is 5.92 Å². The van der Waals surface area contributed by atoms with E-state index in [-0.39, 0.29) is 12.5 Å². The molecule has 3 heterocycles. The molecule has 1 saturated heterocycles. The molecule has 1 amide bonds. The minimum Gasteiger partial charge on any atom is -0.452 e. The number of aromatic nitrogens is 2. The molecule has 0 N–H and O–H groups in total. The number of aryl methyl sites for hydroxylation is 1. The molecule has 7 nitrogen and oxygen atoms in total. The van der Waals surface area contributed by atoms with Gasteiger partial charge < -0.3 is 14.2 Å². The lowest BCUT2D eigenvalue weighted by molar-refractivity contribution is -0.136. The molecule has 8 heteroatoms. The van der Waals surface area contributed by atoms with Gasteiger partial charge in [-0.05, 0) is 37.8 Å². The van der Waals surface area contributed by atoms with E-state index in [2.05, 4.69) is 17.1 Å². The van der Waals surface area contributed by atoms with Crippen LogP contribution in [-0.2, 0) is 15.3 Å². The predicted molar refractivity (Wildman–Crippen MR) is 100 cm³/mol. The Morgan fingerprint density at radius 2 is 2.30 bits per heavy atom. The molecule has 0 aliphatic carbocycles. The number of nitrogens with zero attached hydrogens (tertiary/aromatic N) is 3. The maximum absolute atomic E-state index is 12.5. The molecule has 2 aromatic heterocycles. The second kappa shape index (κ2) is 9.03. The fourth-order valence-corrected chi connectivity index (χ4v) is 3.86. The molecule has 27 heavy (non-hydrogen) atoms. The number of hydrogen-bond acceptors (Lipinski definition) is 7. The zero-order chi connectivity index (χ0) is 19.2. The highest BCUT2D eigenvalue weighted by molar-refractivity contribution is 7.98. The SMILES string of the molecule is Cc1cc(CSc2ncccc2C(=O)OCC(=O)N2CCC[C@H](C)C2)no1. The molecule has 0 aromatic carbocycles. The summed E-state index contributed by atoms with van der Waals surface area (Å²) in [6.45, 7) is 5.16. The predicted octanol–water partition coefficient (Wildman–Crippen LogP) is 3.09. The van der Waals surface area contributed by atoms with Gasteiger partial charge in [0.1, 0.15) is 10.8 Å². The first-order chi connectivity index (χ1) is 13.0. The highest BCUT2D eigenvalue weighted by Crippen LogP contribution is 2.24. The minimum absolute atomic E-state index is 0.147. The van der Waals surface area contributed by atoms with Crippen LogP contribution in [0.2, 0.25) is 0 Å². The molecule has 1 aliphatic heterocycles. The standard InChI is InChI=1S/C19H23N3O4S/c1-13-5-4-8-22(10-13)17(23)11-25-19(24)16-6-3-7-20-18(16)27-12-15-9-14(2)26-21-15/h3,6-7,9,13H,4-5,8,10-12H2,1-2H3/t13-/m0/s1. The van der Waals surface area contributed by atoms with Crippen LogP contribution in [0.15, 0.2) is 33.9 Å². The van der Waals surface area contributed by atoms with Crippen LogP contribution in [0.3, 0.4) is 0 Å². The maximum atomic E-state index is 12.5. The van der Waals surface area contributed by atoms with E-state index >= 15 is 0 Å². The number of piperidine rings is 1. The average Bonchev–Trinajstić information content (AvgIpc) is 3.09. The molecule has 0 bridgehead atoms. The molecule has 1 fully saturated rings. The van der Waals surface area contributed by atoms with Crippen molar-refractivity contribution in [1.82, 2.24) is 15.0 Å². The largest absolute Gasteiger partial charge is 0.452 e. The fourth-order valence-electron chi connectivity index (χ4n) is 3.00. The van der Waals surface area contributed by atoms with Crippen LogP contribution >= 0.6 is 11.8 Å². The van der Waals surface area contributed by atoms with Crippen molar-refractivity contribution in [1.29, 1.82) is 0 Å². The second-order valence-electron chi connectivity index (χ2n) is 6.74. The quantitative estimate of drug-likeness (QED) is 0.554. The van der Waals surface area contributed by atoms with Crippen LogP contribution in [0.25, 0.3) is 0 Å². The third-order valence-electron chi connectivity index (χ3n) is 4.36. The van der Waals surface area contributed by atoms with Crippen molar-refractivity contribution in [2.45, 2.75) is 37.5 Å². The molecule has 0 unspecified atom stereocenters. The summed E-state index contributed by atoms with van der Waals surface area (Å²) in [6, 6.07) is 5.17. The van der Waals surface area contributed by atoms with Crippen molar-refractivity contribution in [3.63, 3.8) is 0 Å². The summed E-state index contributed by atoms with van der Waals surface area (Å²) in [7, 11) is 0. The second-order valence-corrected chi connectivity index (χ2v) is 7.70. The van der Waals surface area contributed by atoms with Crippen LogP contribution in [0.1, 0.15) is 41.6 Å². The summed E-state index contributed by atoms with van der Waals surface area (Å²) in [4.78, 5) is 30.8. The number of hydrogen-bond donors (Lipinski definition) is 0. The monoisotopic (exact) mass is 389 g/mol. The number of carbonyl (C=O) groups is 2. The van der Waals surface area contributed by atoms with E-state index < -0.39 is 5.97 Å². The normalized spacial score (nSPS) is 17.0. The van der Waals surface area contributed by atoms with Crippen molar-refractivity contribution in [3.05, 3.63) is 41.4 Å². The molecule has 2 aromatic rings. The van der Waals surface area contributed by atoms with Gasteiger partial charge in [0.25, 0.3) is 5.91 Å². The zero-order valence-corrected chi connectivity index (χ0v) is 16.3. The lowest BCUT2D eigenvalue weighted by Gasteiger charge is -2.30. The Morgan fingerprint density at radius 1 is 1.44 bits per heavy atom. The molecule has 3 rings (SSSR count). The Bertz CT molecular complexity index is 808. The highest BCUT2D eigenvalue weighted by Gasteiger charge is 2.23. The van der Waals surface area contributed by atoms with Crippen LogP contribution in [0.4, 0.5) is 0 Å². The molecular weight excluding hydrogens is 366 g/mol. The Labute approximate surface area is 162 Å². The van der Waals surface area contributed by atoms with Crippen LogP contribution in [0, 0.1) is 12.8 Å². The Balaban J connectivity index is 1.57. The Morgan fingerprint density at radius 3 is 3.04 bits per heavy atom. The molecular formula is C19H23N3O4S. The van der Waals surface area contributed by atoms with E-state index in [1.807, 2.05) is 13.0 Å². The first-order valence-electron chi connectivity index (χ1n) is 8.98. The third-order valence-corrected chi connectivity index (χ3v) is 5.40. The number of ether oxygens (including phenoxy) is 1. The van der Waals surface area contributed by atoms with Crippen LogP contribution < -0.4 is 0 Å². The number of thioether (sulfide) groups is 1. The van der Waals surface area contributed by atoms with E-state index in [0.717, 1.165) is 37.4 Å². The lowest BCUT2D eigenvalue weighted by Crippen LogP contribution is -2.41. The van der Waals surface area contributed by atoms with Gasteiger partial charge in [-0.15, -0.1) is 0 Å². The van der Waals surface area contributed by atoms with Crippen molar-refractivity contribution >= 4 is 23.6 Å². The van der Waals surface area contributed by atoms with E-state index in [0.29, 0.717) is 22.3 Å². The number of rotatable bonds is 6. The van der Waals surface area contributed by atoms with Crippen molar-refractivity contribution in [3.8, 4) is 0 Å². The number of carbonyl (C=O) groups excluding carboxylic acids is 2. The van der Waals surface area contributed by atoms with Gasteiger partial charge in [0.05, 0.1) is 11.3 Å². The number of pyridine rings is 1. The van der Waals surface area contributed by atoms with E-state index in [9.17, 15) is 9.59 Å². The first-order valence-corrected chi connectivity index (χ1v) is 9.96. The van der Waals surface area contributed by atoms with Crippen molar-refractivity contribution < 1.29 is 18.8 Å². The van der Waals surface area contributed by atoms with E-state index in [1.54, 1.807) is 23.2 Å². The third kappa shape index (κ3) is 5.32. The number of amides is 1. The fraction of sp³-hybridized carbons (Fsp3) is 0.474.